The van der Waals surface area contributed by atoms with Gasteiger partial charge in [-0.3, -0.25) is 4.79 Å². The SMILES string of the molecule is CCNS(=O)(=O)c1ccccc1NCC(C)CC(=O)O. The molecule has 6 nitrogen and oxygen atoms in total. The molecule has 0 heterocycles. The molecule has 20 heavy (non-hydrogen) atoms. The zero-order chi connectivity index (χ0) is 15.2. The number of carbonyl (C=O) groups is 1. The molecule has 0 spiro atoms. The van der Waals surface area contributed by atoms with Crippen molar-refractivity contribution in [3.8, 4) is 0 Å². The molecule has 1 atom stereocenters. The van der Waals surface area contributed by atoms with E-state index in [1.54, 1.807) is 32.0 Å². The summed E-state index contributed by atoms with van der Waals surface area (Å²) in [6.07, 6.45) is 0.0368. The fourth-order valence-electron chi connectivity index (χ4n) is 1.77. The van der Waals surface area contributed by atoms with Crippen molar-refractivity contribution in [2.75, 3.05) is 18.4 Å². The van der Waals surface area contributed by atoms with Crippen molar-refractivity contribution < 1.29 is 18.3 Å². The zero-order valence-electron chi connectivity index (χ0n) is 11.6. The van der Waals surface area contributed by atoms with Gasteiger partial charge in [0.05, 0.1) is 5.69 Å². The lowest BCUT2D eigenvalue weighted by atomic mass is 10.1. The Labute approximate surface area is 119 Å². The molecule has 7 heteroatoms. The van der Waals surface area contributed by atoms with E-state index < -0.39 is 16.0 Å². The van der Waals surface area contributed by atoms with Gasteiger partial charge < -0.3 is 10.4 Å². The summed E-state index contributed by atoms with van der Waals surface area (Å²) in [5.41, 5.74) is 0.477. The third kappa shape index (κ3) is 4.82. The quantitative estimate of drug-likeness (QED) is 0.676. The number of sulfonamides is 1. The number of aliphatic carboxylic acids is 1. The monoisotopic (exact) mass is 300 g/mol. The van der Waals surface area contributed by atoms with Gasteiger partial charge in [0.2, 0.25) is 10.0 Å². The number of hydrogen-bond acceptors (Lipinski definition) is 4. The maximum atomic E-state index is 12.0. The van der Waals surface area contributed by atoms with E-state index in [4.69, 9.17) is 5.11 Å². The smallest absolute Gasteiger partial charge is 0.303 e. The molecular formula is C13H20N2O4S. The predicted molar refractivity (Wildman–Crippen MR) is 77.2 cm³/mol. The van der Waals surface area contributed by atoms with E-state index in [1.165, 1.54) is 6.07 Å². The molecule has 1 rings (SSSR count). The zero-order valence-corrected chi connectivity index (χ0v) is 12.4. The van der Waals surface area contributed by atoms with Crippen molar-refractivity contribution in [3.63, 3.8) is 0 Å². The Hall–Kier alpha value is -1.60. The van der Waals surface area contributed by atoms with Crippen LogP contribution >= 0.6 is 0 Å². The number of anilines is 1. The Morgan fingerprint density at radius 1 is 1.35 bits per heavy atom. The molecule has 0 saturated heterocycles. The molecule has 0 aliphatic carbocycles. The summed E-state index contributed by atoms with van der Waals surface area (Å²) >= 11 is 0. The van der Waals surface area contributed by atoms with Crippen molar-refractivity contribution >= 4 is 21.7 Å². The Morgan fingerprint density at radius 2 is 2.00 bits per heavy atom. The van der Waals surface area contributed by atoms with E-state index in [1.807, 2.05) is 0 Å². The van der Waals surface area contributed by atoms with Gasteiger partial charge >= 0.3 is 5.97 Å². The summed E-state index contributed by atoms with van der Waals surface area (Å²) < 4.78 is 26.5. The average Bonchev–Trinajstić information content (AvgIpc) is 2.36. The maximum Gasteiger partial charge on any atom is 0.303 e. The minimum atomic E-state index is -3.54. The van der Waals surface area contributed by atoms with Gasteiger partial charge in [-0.1, -0.05) is 26.0 Å². The van der Waals surface area contributed by atoms with E-state index in [2.05, 4.69) is 10.0 Å². The van der Waals surface area contributed by atoms with Crippen LogP contribution in [0.3, 0.4) is 0 Å². The minimum absolute atomic E-state index is 0.0368. The van der Waals surface area contributed by atoms with E-state index in [9.17, 15) is 13.2 Å². The summed E-state index contributed by atoms with van der Waals surface area (Å²) in [5, 5.41) is 11.7. The standard InChI is InChI=1S/C13H20N2O4S/c1-3-15-20(18,19)12-7-5-4-6-11(12)14-9-10(2)8-13(16)17/h4-7,10,14-15H,3,8-9H2,1-2H3,(H,16,17). The van der Waals surface area contributed by atoms with Gasteiger partial charge in [-0.15, -0.1) is 0 Å². The Morgan fingerprint density at radius 3 is 2.60 bits per heavy atom. The first-order valence-electron chi connectivity index (χ1n) is 6.41. The Balaban J connectivity index is 2.84. The van der Waals surface area contributed by atoms with Crippen molar-refractivity contribution in [1.82, 2.24) is 4.72 Å². The predicted octanol–water partition coefficient (Wildman–Crippen LogP) is 1.51. The second-order valence-electron chi connectivity index (χ2n) is 4.58. The molecule has 3 N–H and O–H groups in total. The lowest BCUT2D eigenvalue weighted by molar-refractivity contribution is -0.137. The average molecular weight is 300 g/mol. The number of para-hydroxylation sites is 1. The van der Waals surface area contributed by atoms with Crippen LogP contribution in [0.4, 0.5) is 5.69 Å². The first-order valence-corrected chi connectivity index (χ1v) is 7.89. The molecule has 0 bridgehead atoms. The van der Waals surface area contributed by atoms with Gasteiger partial charge in [0.25, 0.3) is 0 Å². The summed E-state index contributed by atoms with van der Waals surface area (Å²) in [5.74, 6) is -0.963. The topological polar surface area (TPSA) is 95.5 Å². The second-order valence-corrected chi connectivity index (χ2v) is 6.32. The Bertz CT molecular complexity index is 557. The van der Waals surface area contributed by atoms with Gasteiger partial charge in [0.15, 0.2) is 0 Å². The fourth-order valence-corrected chi connectivity index (χ4v) is 2.99. The highest BCUT2D eigenvalue weighted by molar-refractivity contribution is 7.89. The van der Waals surface area contributed by atoms with Crippen LogP contribution in [0.1, 0.15) is 20.3 Å². The molecule has 1 unspecified atom stereocenters. The molecule has 0 aliphatic rings. The molecule has 0 amide bonds. The summed E-state index contributed by atoms with van der Waals surface area (Å²) in [4.78, 5) is 10.8. The molecule has 0 fully saturated rings. The van der Waals surface area contributed by atoms with E-state index in [0.717, 1.165) is 0 Å². The number of rotatable bonds is 8. The highest BCUT2D eigenvalue weighted by Crippen LogP contribution is 2.21. The largest absolute Gasteiger partial charge is 0.481 e. The minimum Gasteiger partial charge on any atom is -0.481 e. The van der Waals surface area contributed by atoms with Crippen LogP contribution in [-0.2, 0) is 14.8 Å². The van der Waals surface area contributed by atoms with Gasteiger partial charge in [0.1, 0.15) is 4.90 Å². The summed E-state index contributed by atoms with van der Waals surface area (Å²) in [7, 11) is -3.54. The number of carboxylic acid groups (broad SMARTS) is 1. The molecule has 0 aliphatic heterocycles. The van der Waals surface area contributed by atoms with Crippen LogP contribution in [0.25, 0.3) is 0 Å². The van der Waals surface area contributed by atoms with E-state index in [-0.39, 0.29) is 17.2 Å². The second kappa shape index (κ2) is 7.25. The number of benzene rings is 1. The fraction of sp³-hybridized carbons (Fsp3) is 0.462. The van der Waals surface area contributed by atoms with Gasteiger partial charge in [0, 0.05) is 19.5 Å². The van der Waals surface area contributed by atoms with Crippen molar-refractivity contribution in [2.24, 2.45) is 5.92 Å². The van der Waals surface area contributed by atoms with E-state index in [0.29, 0.717) is 18.8 Å². The van der Waals surface area contributed by atoms with Crippen LogP contribution in [-0.4, -0.2) is 32.6 Å². The first kappa shape index (κ1) is 16.5. The molecule has 0 aromatic heterocycles. The number of hydrogen-bond donors (Lipinski definition) is 3. The first-order chi connectivity index (χ1) is 9.36. The normalized spacial score (nSPS) is 12.9. The number of nitrogens with one attached hydrogen (secondary N) is 2. The lowest BCUT2D eigenvalue weighted by Gasteiger charge is -2.15. The van der Waals surface area contributed by atoms with Crippen LogP contribution < -0.4 is 10.0 Å². The molecule has 0 radical (unpaired) electrons. The van der Waals surface area contributed by atoms with Crippen molar-refractivity contribution in [1.29, 1.82) is 0 Å². The van der Waals surface area contributed by atoms with Crippen LogP contribution in [0.15, 0.2) is 29.2 Å². The molecular weight excluding hydrogens is 280 g/mol. The lowest BCUT2D eigenvalue weighted by Crippen LogP contribution is -2.25. The molecule has 112 valence electrons. The van der Waals surface area contributed by atoms with Crippen LogP contribution in [0, 0.1) is 5.92 Å². The molecule has 0 saturated carbocycles. The van der Waals surface area contributed by atoms with Gasteiger partial charge in [-0.25, -0.2) is 13.1 Å². The summed E-state index contributed by atoms with van der Waals surface area (Å²) in [6.45, 7) is 4.21. The highest BCUT2D eigenvalue weighted by Gasteiger charge is 2.17. The Kier molecular flexibility index (Phi) is 5.97. The van der Waals surface area contributed by atoms with Crippen molar-refractivity contribution in [3.05, 3.63) is 24.3 Å². The summed E-state index contributed by atoms with van der Waals surface area (Å²) in [6, 6.07) is 6.56. The molecule has 1 aromatic carbocycles. The highest BCUT2D eigenvalue weighted by atomic mass is 32.2. The van der Waals surface area contributed by atoms with Gasteiger partial charge in [-0.05, 0) is 18.1 Å². The maximum absolute atomic E-state index is 12.0. The van der Waals surface area contributed by atoms with Gasteiger partial charge in [-0.2, -0.15) is 0 Å². The molecule has 1 aromatic rings. The van der Waals surface area contributed by atoms with Crippen LogP contribution in [0.2, 0.25) is 0 Å². The third-order valence-electron chi connectivity index (χ3n) is 2.67. The van der Waals surface area contributed by atoms with E-state index >= 15 is 0 Å². The van der Waals surface area contributed by atoms with Crippen molar-refractivity contribution in [2.45, 2.75) is 25.2 Å². The number of carboxylic acids is 1. The third-order valence-corrected chi connectivity index (χ3v) is 4.28. The van der Waals surface area contributed by atoms with Crippen LogP contribution in [0.5, 0.6) is 0 Å².